The second kappa shape index (κ2) is 46.8. The highest BCUT2D eigenvalue weighted by Crippen LogP contribution is 2.20. The van der Waals surface area contributed by atoms with E-state index in [0.29, 0.717) is 36.9 Å². The standard InChI is InChI=1S/C65H102N20O18S2/c1-8-34(3)54(64(102)79-46(25-39-28-70-33-72-39)61(99)78-48(27-51(68)90)62(100)76-45(56(69)94)24-38-16-18-41(89)19-17-38)81-60(98)44(20-21-53(92)93)75-57(95)42(67)14-11-13-23-85-30-40(83-84-85)26-47(63(101)82-55(35(4)9-2)65(103)80-50(36(5)87)32-105-104-7)77-59(97)43(15-10-12-22-66)74-52(91)29-71-58(96)49(31-86)73-37(6)88/h16-19,28,30,33-35,42-50,54-55,86,89H,8-15,20-27,29,31-32,66-67H2,1-7H3,(H2,68,90)(H2,69,94)(H,70,72)(H,71,96)(H,73,88)(H,74,91)(H,75,95)(H,76,100)(H,77,97)(H,78,99)(H,79,102)(H,80,103)(H,81,98)(H,82,101)(H,92,93)/t34-,35+,42+,43+,44-,45-,46-,47+,48?,49+,50+,54-,55+/m1/s1. The van der Waals surface area contributed by atoms with Gasteiger partial charge in [0.2, 0.25) is 76.8 Å². The maximum Gasteiger partial charge on any atom is 0.303 e. The number of aliphatic carboxylic acids is 1. The number of H-pyrrole nitrogens is 1. The minimum Gasteiger partial charge on any atom is -0.508 e. The summed E-state index contributed by atoms with van der Waals surface area (Å²) < 4.78 is 1.41. The van der Waals surface area contributed by atoms with Crippen LogP contribution in [0.3, 0.4) is 0 Å². The number of carbonyl (C=O) groups excluding carboxylic acids is 14. The number of hydrogen-bond donors (Lipinski definition) is 19. The first-order chi connectivity index (χ1) is 49.7. The van der Waals surface area contributed by atoms with Crippen molar-refractivity contribution in [2.45, 2.75) is 204 Å². The van der Waals surface area contributed by atoms with Crippen LogP contribution in [0.1, 0.15) is 129 Å². The third kappa shape index (κ3) is 32.8. The second-order valence-electron chi connectivity index (χ2n) is 25.2. The minimum absolute atomic E-state index is 0.00418. The quantitative estimate of drug-likeness (QED) is 0.0186. The first-order valence-corrected chi connectivity index (χ1v) is 36.9. The zero-order chi connectivity index (χ0) is 78.5. The van der Waals surface area contributed by atoms with E-state index in [9.17, 15) is 87.2 Å². The number of carbonyl (C=O) groups is 15. The Labute approximate surface area is 614 Å². The molecule has 0 bridgehead atoms. The van der Waals surface area contributed by atoms with Gasteiger partial charge in [0.15, 0.2) is 5.78 Å². The third-order valence-electron chi connectivity index (χ3n) is 16.7. The normalized spacial score (nSPS) is 14.8. The van der Waals surface area contributed by atoms with Gasteiger partial charge in [0, 0.05) is 63.0 Å². The van der Waals surface area contributed by atoms with Crippen molar-refractivity contribution in [3.05, 3.63) is 59.9 Å². The molecular weight excluding hydrogens is 1410 g/mol. The molecule has 40 heteroatoms. The summed E-state index contributed by atoms with van der Waals surface area (Å²) in [6.45, 7) is 8.16. The van der Waals surface area contributed by atoms with E-state index in [1.54, 1.807) is 34.0 Å². The molecule has 0 spiro atoms. The van der Waals surface area contributed by atoms with Gasteiger partial charge in [0.05, 0.1) is 43.7 Å². The number of phenols is 1. The molecule has 2 heterocycles. The van der Waals surface area contributed by atoms with Crippen LogP contribution in [0.25, 0.3) is 0 Å². The van der Waals surface area contributed by atoms with Crippen molar-refractivity contribution >= 4 is 110 Å². The predicted octanol–water partition coefficient (Wildman–Crippen LogP) is -4.74. The van der Waals surface area contributed by atoms with E-state index in [-0.39, 0.29) is 81.0 Å². The number of aromatic nitrogens is 5. The van der Waals surface area contributed by atoms with Gasteiger partial charge in [-0.15, -0.1) is 5.10 Å². The maximum atomic E-state index is 14.5. The summed E-state index contributed by atoms with van der Waals surface area (Å²) in [7, 11) is 2.73. The first-order valence-electron chi connectivity index (χ1n) is 34.2. The molecule has 1 aromatic carbocycles. The average molecular weight is 1520 g/mol. The summed E-state index contributed by atoms with van der Waals surface area (Å²) in [6, 6.07) is -9.60. The van der Waals surface area contributed by atoms with E-state index in [2.05, 4.69) is 78.8 Å². The van der Waals surface area contributed by atoms with Gasteiger partial charge in [0.1, 0.15) is 60.1 Å². The number of benzene rings is 1. The molecule has 0 radical (unpaired) electrons. The van der Waals surface area contributed by atoms with Gasteiger partial charge in [-0.05, 0) is 94.2 Å². The lowest BCUT2D eigenvalue weighted by atomic mass is 9.96. The summed E-state index contributed by atoms with van der Waals surface area (Å²) >= 11 is 0. The smallest absolute Gasteiger partial charge is 0.303 e. The molecule has 38 nitrogen and oxygen atoms in total. The van der Waals surface area contributed by atoms with Crippen LogP contribution in [0.5, 0.6) is 5.75 Å². The number of primary amides is 2. The maximum absolute atomic E-state index is 14.5. The number of nitrogens with zero attached hydrogens (tertiary/aromatic N) is 4. The van der Waals surface area contributed by atoms with E-state index in [1.807, 2.05) is 0 Å². The SMILES string of the molecule is CC[C@@H](C)[C@@H](NC(=O)[C@@H](CCC(=O)O)NC(=O)[C@@H](N)CCCCn1cc(C[C@H](NC(=O)[C@H](CCCCN)NC(=O)CNC(=O)[C@H](CO)NC(C)=O)C(=O)N[C@H](C(=O)N[C@@H](CSSC)C(C)=O)[C@@H](C)CC)nn1)C(=O)N[C@H](Cc1cnc[nH]1)C(=O)NC(CC(N)=O)C(=O)N[C@H](Cc1ccc(O)cc1)C(N)=O. The van der Waals surface area contributed by atoms with Gasteiger partial charge in [-0.2, -0.15) is 0 Å². The van der Waals surface area contributed by atoms with E-state index < -0.39 is 193 Å². The van der Waals surface area contributed by atoms with E-state index in [1.165, 1.54) is 76.2 Å². The second-order valence-corrected chi connectivity index (χ2v) is 27.8. The van der Waals surface area contributed by atoms with Gasteiger partial charge in [-0.25, -0.2) is 4.98 Å². The predicted molar refractivity (Wildman–Crippen MR) is 383 cm³/mol. The highest BCUT2D eigenvalue weighted by atomic mass is 33.1. The number of Topliss-reactive ketones (excluding diaryl/α,β-unsaturated/α-hetero) is 1. The molecular formula is C65H102N20O18S2. The number of aliphatic hydroxyl groups is 1. The van der Waals surface area contributed by atoms with Gasteiger partial charge >= 0.3 is 5.97 Å². The number of aliphatic hydroxyl groups excluding tert-OH is 1. The molecule has 0 fully saturated rings. The molecule has 1 unspecified atom stereocenters. The highest BCUT2D eigenvalue weighted by molar-refractivity contribution is 8.76. The van der Waals surface area contributed by atoms with Crippen LogP contribution in [-0.2, 0) is 97.7 Å². The van der Waals surface area contributed by atoms with Crippen molar-refractivity contribution in [3.8, 4) is 5.75 Å². The van der Waals surface area contributed by atoms with E-state index in [4.69, 9.17) is 22.9 Å². The number of rotatable bonds is 51. The lowest BCUT2D eigenvalue weighted by molar-refractivity contribution is -0.138. The number of aromatic hydroxyl groups is 1. The molecule has 3 aromatic rings. The summed E-state index contributed by atoms with van der Waals surface area (Å²) in [5.41, 5.74) is 24.1. The summed E-state index contributed by atoms with van der Waals surface area (Å²) in [5.74, 6) is -14.3. The van der Waals surface area contributed by atoms with Crippen LogP contribution >= 0.6 is 21.6 Å². The third-order valence-corrected chi connectivity index (χ3v) is 18.6. The number of nitrogens with two attached hydrogens (primary N) is 4. The zero-order valence-corrected chi connectivity index (χ0v) is 61.5. The first kappa shape index (κ1) is 89.4. The number of carboxylic acids is 1. The Balaban J connectivity index is 1.83. The fraction of sp³-hybridized carbons (Fsp3) is 0.600. The Hall–Kier alpha value is -9.80. The molecule has 582 valence electrons. The van der Waals surface area contributed by atoms with Crippen LogP contribution < -0.4 is 81.4 Å². The van der Waals surface area contributed by atoms with Crippen LogP contribution in [0.4, 0.5) is 0 Å². The zero-order valence-electron chi connectivity index (χ0n) is 59.9. The van der Waals surface area contributed by atoms with Gasteiger partial charge in [0.25, 0.3) is 0 Å². The number of carboxylic acid groups (broad SMARTS) is 1. The van der Waals surface area contributed by atoms with Gasteiger partial charge in [-0.1, -0.05) is 79.5 Å². The molecule has 0 aliphatic carbocycles. The lowest BCUT2D eigenvalue weighted by Gasteiger charge is -2.29. The Morgan fingerprint density at radius 3 is 1.70 bits per heavy atom. The number of nitrogens with one attached hydrogen (secondary N) is 12. The van der Waals surface area contributed by atoms with Crippen molar-refractivity contribution in [1.82, 2.24) is 83.4 Å². The van der Waals surface area contributed by atoms with Crippen LogP contribution in [0.15, 0.2) is 43.0 Å². The van der Waals surface area contributed by atoms with Crippen molar-refractivity contribution in [2.24, 2.45) is 34.8 Å². The topological polar surface area (TPSA) is 613 Å². The van der Waals surface area contributed by atoms with E-state index >= 15 is 0 Å². The number of phenolic OH excluding ortho intramolecular Hbond substituents is 1. The number of ketones is 1. The van der Waals surface area contributed by atoms with Gasteiger partial charge < -0.3 is 102 Å². The minimum atomic E-state index is -1.72. The number of aryl methyl sites for hydroxylation is 1. The molecule has 13 atom stereocenters. The molecule has 0 saturated heterocycles. The largest absolute Gasteiger partial charge is 0.508 e. The molecule has 0 aliphatic heterocycles. The van der Waals surface area contributed by atoms with Crippen molar-refractivity contribution in [1.29, 1.82) is 0 Å². The summed E-state index contributed by atoms with van der Waals surface area (Å²) in [6.07, 6.45) is 5.22. The Bertz CT molecular complexity index is 3400. The van der Waals surface area contributed by atoms with Crippen LogP contribution in [0, 0.1) is 11.8 Å². The van der Waals surface area contributed by atoms with Crippen molar-refractivity contribution in [3.63, 3.8) is 0 Å². The molecule has 105 heavy (non-hydrogen) atoms. The fourth-order valence-electron chi connectivity index (χ4n) is 10.3. The number of aromatic amines is 1. The molecule has 0 saturated carbocycles. The number of imidazole rings is 1. The van der Waals surface area contributed by atoms with Crippen LogP contribution in [-0.4, -0.2) is 227 Å². The molecule has 23 N–H and O–H groups in total. The van der Waals surface area contributed by atoms with E-state index in [0.717, 1.165) is 6.92 Å². The molecule has 3 rings (SSSR count). The fourth-order valence-corrected chi connectivity index (χ4v) is 11.7. The Morgan fingerprint density at radius 2 is 1.15 bits per heavy atom. The molecule has 0 aliphatic rings. The summed E-state index contributed by atoms with van der Waals surface area (Å²) in [4.78, 5) is 206. The average Bonchev–Trinajstić information content (AvgIpc) is 1.55. The van der Waals surface area contributed by atoms with Gasteiger partial charge in [-0.3, -0.25) is 76.6 Å². The lowest BCUT2D eigenvalue weighted by Crippen LogP contribution is -2.61. The van der Waals surface area contributed by atoms with Crippen LogP contribution in [0.2, 0.25) is 0 Å². The Kier molecular flexibility index (Phi) is 39.9. The monoisotopic (exact) mass is 1510 g/mol. The number of unbranched alkanes of at least 4 members (excludes halogenated alkanes) is 2. The number of amides is 13. The highest BCUT2D eigenvalue weighted by Gasteiger charge is 2.38. The molecule has 13 amide bonds. The van der Waals surface area contributed by atoms with Crippen molar-refractivity contribution < 1.29 is 87.2 Å². The summed E-state index contributed by atoms with van der Waals surface area (Å²) in [5, 5.41) is 65.1. The molecule has 2 aromatic heterocycles. The number of hydrogen-bond acceptors (Lipinski definition) is 24. The Morgan fingerprint density at radius 1 is 0.610 bits per heavy atom. The van der Waals surface area contributed by atoms with Crippen molar-refractivity contribution in [2.75, 3.05) is 31.7 Å².